The van der Waals surface area contributed by atoms with Crippen molar-refractivity contribution in [1.82, 2.24) is 5.43 Å². The Bertz CT molecular complexity index is 772. The van der Waals surface area contributed by atoms with Gasteiger partial charge >= 0.3 is 0 Å². The number of nitrogens with two attached hydrogens (primary N) is 1. The van der Waals surface area contributed by atoms with Gasteiger partial charge in [0.25, 0.3) is 0 Å². The summed E-state index contributed by atoms with van der Waals surface area (Å²) in [6.07, 6.45) is 0.502. The van der Waals surface area contributed by atoms with Crippen LogP contribution in [0.25, 0.3) is 10.1 Å². The normalized spacial score (nSPS) is 12.7. The summed E-state index contributed by atoms with van der Waals surface area (Å²) in [5.41, 5.74) is 4.57. The van der Waals surface area contributed by atoms with Crippen LogP contribution in [0.2, 0.25) is 0 Å². The lowest BCUT2D eigenvalue weighted by Gasteiger charge is -2.16. The molecule has 3 rings (SSSR count). The third-order valence-corrected chi connectivity index (χ3v) is 4.99. The van der Waals surface area contributed by atoms with Gasteiger partial charge in [0.1, 0.15) is 5.82 Å². The van der Waals surface area contributed by atoms with Crippen molar-refractivity contribution < 1.29 is 4.39 Å². The van der Waals surface area contributed by atoms with Crippen molar-refractivity contribution in [3.63, 3.8) is 0 Å². The monoisotopic (exact) mass is 364 g/mol. The van der Waals surface area contributed by atoms with Crippen LogP contribution in [-0.4, -0.2) is 0 Å². The maximum absolute atomic E-state index is 13.9. The lowest BCUT2D eigenvalue weighted by Crippen LogP contribution is -2.29. The second-order valence-corrected chi connectivity index (χ2v) is 6.67. The molecule has 3 N–H and O–H groups in total. The Labute approximate surface area is 134 Å². The first kappa shape index (κ1) is 14.7. The second kappa shape index (κ2) is 6.23. The van der Waals surface area contributed by atoms with E-state index in [4.69, 9.17) is 5.84 Å². The molecule has 0 amide bonds. The molecule has 1 heterocycles. The van der Waals surface area contributed by atoms with E-state index in [0.29, 0.717) is 12.0 Å². The summed E-state index contributed by atoms with van der Waals surface area (Å²) >= 11 is 5.06. The Morgan fingerprint density at radius 2 is 2.05 bits per heavy atom. The van der Waals surface area contributed by atoms with Gasteiger partial charge in [-0.25, -0.2) is 4.39 Å². The fourth-order valence-corrected chi connectivity index (χ4v) is 3.87. The Morgan fingerprint density at radius 1 is 1.24 bits per heavy atom. The predicted octanol–water partition coefficient (Wildman–Crippen LogP) is 4.55. The van der Waals surface area contributed by atoms with E-state index in [-0.39, 0.29) is 11.9 Å². The van der Waals surface area contributed by atoms with Gasteiger partial charge in [-0.15, -0.1) is 11.3 Å². The molecule has 0 aliphatic heterocycles. The van der Waals surface area contributed by atoms with Crippen LogP contribution < -0.4 is 11.3 Å². The largest absolute Gasteiger partial charge is 0.271 e. The van der Waals surface area contributed by atoms with Crippen molar-refractivity contribution in [3.8, 4) is 0 Å². The zero-order valence-electron chi connectivity index (χ0n) is 11.1. The molecule has 3 aromatic rings. The van der Waals surface area contributed by atoms with Crippen molar-refractivity contribution >= 4 is 37.4 Å². The number of hydrogen-bond donors (Lipinski definition) is 2. The van der Waals surface area contributed by atoms with Crippen molar-refractivity contribution in [2.45, 2.75) is 12.5 Å². The van der Waals surface area contributed by atoms with Crippen LogP contribution >= 0.6 is 27.3 Å². The number of hydrazine groups is 1. The van der Waals surface area contributed by atoms with Gasteiger partial charge in [0.15, 0.2) is 0 Å². The van der Waals surface area contributed by atoms with Gasteiger partial charge in [0.05, 0.1) is 6.04 Å². The molecule has 0 bridgehead atoms. The van der Waals surface area contributed by atoms with E-state index in [0.717, 1.165) is 10.0 Å². The molecule has 21 heavy (non-hydrogen) atoms. The molecule has 0 saturated carbocycles. The van der Waals surface area contributed by atoms with Gasteiger partial charge in [-0.05, 0) is 52.6 Å². The Hall–Kier alpha value is -1.27. The molecular weight excluding hydrogens is 351 g/mol. The fraction of sp³-hybridized carbons (Fsp3) is 0.125. The molecule has 0 aliphatic carbocycles. The van der Waals surface area contributed by atoms with E-state index < -0.39 is 0 Å². The fourth-order valence-electron chi connectivity index (χ4n) is 2.45. The van der Waals surface area contributed by atoms with E-state index in [1.54, 1.807) is 23.5 Å². The lowest BCUT2D eigenvalue weighted by atomic mass is 9.98. The second-order valence-electron chi connectivity index (χ2n) is 4.85. The summed E-state index contributed by atoms with van der Waals surface area (Å²) in [6.45, 7) is 0. The van der Waals surface area contributed by atoms with Crippen molar-refractivity contribution in [2.75, 3.05) is 0 Å². The summed E-state index contributed by atoms with van der Waals surface area (Å²) in [5, 5.41) is 3.26. The number of thiophene rings is 1. The highest BCUT2D eigenvalue weighted by atomic mass is 79.9. The van der Waals surface area contributed by atoms with Gasteiger partial charge in [-0.3, -0.25) is 11.3 Å². The zero-order chi connectivity index (χ0) is 14.8. The van der Waals surface area contributed by atoms with E-state index in [2.05, 4.69) is 38.9 Å². The maximum Gasteiger partial charge on any atom is 0.126 e. The summed E-state index contributed by atoms with van der Waals surface area (Å²) in [7, 11) is 0. The van der Waals surface area contributed by atoms with Gasteiger partial charge in [0, 0.05) is 9.17 Å². The minimum atomic E-state index is -0.210. The first-order valence-corrected chi connectivity index (χ1v) is 8.22. The summed E-state index contributed by atoms with van der Waals surface area (Å²) in [5.74, 6) is 5.50. The SMILES string of the molecule is NNC(Cc1cc(Br)ccc1F)c1csc2ccccc12. The highest BCUT2D eigenvalue weighted by Crippen LogP contribution is 2.32. The lowest BCUT2D eigenvalue weighted by molar-refractivity contribution is 0.532. The highest BCUT2D eigenvalue weighted by molar-refractivity contribution is 9.10. The molecule has 0 saturated heterocycles. The van der Waals surface area contributed by atoms with E-state index in [9.17, 15) is 4.39 Å². The summed E-state index contributed by atoms with van der Waals surface area (Å²) in [6, 6.07) is 13.0. The van der Waals surface area contributed by atoms with E-state index >= 15 is 0 Å². The van der Waals surface area contributed by atoms with Gasteiger partial charge in [-0.1, -0.05) is 34.1 Å². The van der Waals surface area contributed by atoms with Crippen molar-refractivity contribution in [3.05, 3.63) is 69.3 Å². The Balaban J connectivity index is 1.97. The average molecular weight is 365 g/mol. The van der Waals surface area contributed by atoms with Crippen LogP contribution in [0.15, 0.2) is 52.3 Å². The van der Waals surface area contributed by atoms with Crippen molar-refractivity contribution in [2.24, 2.45) is 5.84 Å². The molecule has 1 atom stereocenters. The minimum Gasteiger partial charge on any atom is -0.271 e. The van der Waals surface area contributed by atoms with Gasteiger partial charge in [-0.2, -0.15) is 0 Å². The molecule has 5 heteroatoms. The van der Waals surface area contributed by atoms with Gasteiger partial charge in [0.2, 0.25) is 0 Å². The van der Waals surface area contributed by atoms with Crippen LogP contribution in [-0.2, 0) is 6.42 Å². The van der Waals surface area contributed by atoms with Crippen LogP contribution in [0.1, 0.15) is 17.2 Å². The van der Waals surface area contributed by atoms with Crippen molar-refractivity contribution in [1.29, 1.82) is 0 Å². The van der Waals surface area contributed by atoms with Gasteiger partial charge < -0.3 is 0 Å². The molecule has 0 radical (unpaired) electrons. The van der Waals surface area contributed by atoms with Crippen LogP contribution in [0.5, 0.6) is 0 Å². The molecule has 1 unspecified atom stereocenters. The van der Waals surface area contributed by atoms with Crippen LogP contribution in [0, 0.1) is 5.82 Å². The Morgan fingerprint density at radius 3 is 2.86 bits per heavy atom. The van der Waals surface area contributed by atoms with E-state index in [1.807, 2.05) is 12.1 Å². The smallest absolute Gasteiger partial charge is 0.126 e. The van der Waals surface area contributed by atoms with Crippen LogP contribution in [0.4, 0.5) is 4.39 Å². The maximum atomic E-state index is 13.9. The molecule has 2 nitrogen and oxygen atoms in total. The number of halogens is 2. The molecule has 1 aromatic heterocycles. The molecule has 0 aliphatic rings. The standard InChI is InChI=1S/C16H14BrFN2S/c17-11-5-6-14(18)10(7-11)8-15(20-19)13-9-21-16-4-2-1-3-12(13)16/h1-7,9,15,20H,8,19H2. The number of hydrogen-bond acceptors (Lipinski definition) is 3. The molecular formula is C16H14BrFN2S. The first-order valence-electron chi connectivity index (χ1n) is 6.55. The number of nitrogens with one attached hydrogen (secondary N) is 1. The third kappa shape index (κ3) is 3.01. The Kier molecular flexibility index (Phi) is 4.35. The molecule has 0 fully saturated rings. The predicted molar refractivity (Wildman–Crippen MR) is 89.7 cm³/mol. The summed E-state index contributed by atoms with van der Waals surface area (Å²) in [4.78, 5) is 0. The third-order valence-electron chi connectivity index (χ3n) is 3.52. The number of benzene rings is 2. The zero-order valence-corrected chi connectivity index (χ0v) is 13.5. The molecule has 108 valence electrons. The highest BCUT2D eigenvalue weighted by Gasteiger charge is 2.17. The molecule has 2 aromatic carbocycles. The quantitative estimate of drug-likeness (QED) is 0.526. The average Bonchev–Trinajstić information content (AvgIpc) is 2.92. The number of fused-ring (bicyclic) bond motifs is 1. The number of rotatable bonds is 4. The molecule has 0 spiro atoms. The van der Waals surface area contributed by atoms with E-state index in [1.165, 1.54) is 16.2 Å². The minimum absolute atomic E-state index is 0.120. The van der Waals surface area contributed by atoms with Crippen LogP contribution in [0.3, 0.4) is 0 Å². The summed E-state index contributed by atoms with van der Waals surface area (Å²) < 4.78 is 16.0. The first-order chi connectivity index (χ1) is 10.2. The topological polar surface area (TPSA) is 38.0 Å².